The molecule has 1 rings (SSSR count). The van der Waals surface area contributed by atoms with Gasteiger partial charge in [0.2, 0.25) is 0 Å². The van der Waals surface area contributed by atoms with Crippen molar-refractivity contribution in [3.05, 3.63) is 0 Å². The van der Waals surface area contributed by atoms with Crippen molar-refractivity contribution < 1.29 is 4.74 Å². The molecule has 0 saturated carbocycles. The highest BCUT2D eigenvalue weighted by Gasteiger charge is 1.92. The Morgan fingerprint density at radius 3 is 1.86 bits per heavy atom. The first-order valence-electron chi connectivity index (χ1n) is 2.28. The minimum Gasteiger partial charge on any atom is -0.379 e. The van der Waals surface area contributed by atoms with E-state index in [2.05, 4.69) is 5.32 Å². The quantitative estimate of drug-likeness (QED) is 0.491. The topological polar surface area (TPSA) is 21.3 Å². The molecule has 3 heteroatoms. The van der Waals surface area contributed by atoms with Crippen molar-refractivity contribution in [1.29, 1.82) is 0 Å². The monoisotopic (exact) mass is 123 g/mol. The van der Waals surface area contributed by atoms with Crippen LogP contribution >= 0.6 is 12.4 Å². The van der Waals surface area contributed by atoms with Gasteiger partial charge in [0.15, 0.2) is 0 Å². The van der Waals surface area contributed by atoms with E-state index < -0.39 is 0 Å². The zero-order chi connectivity index (χ0) is 4.24. The van der Waals surface area contributed by atoms with Gasteiger partial charge in [-0.15, -0.1) is 12.4 Å². The number of morpholine rings is 1. The molecule has 1 aliphatic rings. The standard InChI is InChI=1S/C4H9NO.ClH/c1-3-6-4-2-5-1;/h5H,1-4H2;1H. The van der Waals surface area contributed by atoms with Crippen LogP contribution in [0.2, 0.25) is 0 Å². The second kappa shape index (κ2) is 4.37. The van der Waals surface area contributed by atoms with Crippen molar-refractivity contribution >= 4 is 12.4 Å². The molecule has 0 aromatic carbocycles. The first-order chi connectivity index (χ1) is 3.00. The second-order valence-electron chi connectivity index (χ2n) is 1.36. The Kier molecular flexibility index (Phi) is 4.50. The Bertz CT molecular complexity index is 27.2. The van der Waals surface area contributed by atoms with E-state index in [0.717, 1.165) is 26.3 Å². The lowest BCUT2D eigenvalue weighted by Gasteiger charge is -2.10. The van der Waals surface area contributed by atoms with Crippen LogP contribution in [0.1, 0.15) is 0 Å². The molecule has 1 heterocycles. The third kappa shape index (κ3) is 2.85. The maximum absolute atomic E-state index is 5.01. The van der Waals surface area contributed by atoms with Gasteiger partial charge in [-0.1, -0.05) is 0 Å². The molecule has 0 atom stereocenters. The summed E-state index contributed by atoms with van der Waals surface area (Å²) >= 11 is 0. The SMILES string of the molecule is C1COCCN1.Cl. The van der Waals surface area contributed by atoms with E-state index in [1.54, 1.807) is 0 Å². The average molecular weight is 124 g/mol. The molecule has 0 aromatic rings. The lowest BCUT2D eigenvalue weighted by Crippen LogP contribution is -2.30. The lowest BCUT2D eigenvalue weighted by atomic mass is 10.5. The maximum atomic E-state index is 5.01. The summed E-state index contributed by atoms with van der Waals surface area (Å²) in [6, 6.07) is 0. The fourth-order valence-electron chi connectivity index (χ4n) is 0.516. The number of rotatable bonds is 0. The highest BCUT2D eigenvalue weighted by Crippen LogP contribution is 1.76. The molecule has 44 valence electrons. The zero-order valence-corrected chi connectivity index (χ0v) is 4.96. The minimum atomic E-state index is 0. The van der Waals surface area contributed by atoms with Crippen LogP contribution in [0.15, 0.2) is 0 Å². The molecule has 1 fully saturated rings. The summed E-state index contributed by atoms with van der Waals surface area (Å²) < 4.78 is 5.01. The van der Waals surface area contributed by atoms with Crippen molar-refractivity contribution in [1.82, 2.24) is 5.32 Å². The molecule has 0 aromatic heterocycles. The lowest BCUT2D eigenvalue weighted by molar-refractivity contribution is 0.109. The van der Waals surface area contributed by atoms with Crippen LogP contribution in [0.3, 0.4) is 0 Å². The molecule has 2 nitrogen and oxygen atoms in total. The number of nitrogens with one attached hydrogen (secondary N) is 1. The predicted molar refractivity (Wildman–Crippen MR) is 30.9 cm³/mol. The summed E-state index contributed by atoms with van der Waals surface area (Å²) in [4.78, 5) is 0. The molecule has 1 aliphatic heterocycles. The molecule has 1 saturated heterocycles. The summed E-state index contributed by atoms with van der Waals surface area (Å²) in [5.74, 6) is 0. The molecule has 0 aliphatic carbocycles. The number of ether oxygens (including phenoxy) is 1. The van der Waals surface area contributed by atoms with Gasteiger partial charge in [-0.05, 0) is 0 Å². The summed E-state index contributed by atoms with van der Waals surface area (Å²) in [6.07, 6.45) is 0. The molecule has 7 heavy (non-hydrogen) atoms. The van der Waals surface area contributed by atoms with Crippen LogP contribution in [0.4, 0.5) is 0 Å². The third-order valence-corrected chi connectivity index (χ3v) is 0.846. The minimum absolute atomic E-state index is 0. The van der Waals surface area contributed by atoms with Gasteiger partial charge in [-0.3, -0.25) is 0 Å². The van der Waals surface area contributed by atoms with Gasteiger partial charge < -0.3 is 10.1 Å². The third-order valence-electron chi connectivity index (χ3n) is 0.846. The molecule has 1 N–H and O–H groups in total. The van der Waals surface area contributed by atoms with E-state index in [1.807, 2.05) is 0 Å². The van der Waals surface area contributed by atoms with Gasteiger partial charge in [0.25, 0.3) is 0 Å². The highest BCUT2D eigenvalue weighted by atomic mass is 35.5. The van der Waals surface area contributed by atoms with E-state index in [1.165, 1.54) is 0 Å². The van der Waals surface area contributed by atoms with Crippen molar-refractivity contribution in [2.75, 3.05) is 26.3 Å². The first kappa shape index (κ1) is 7.21. The summed E-state index contributed by atoms with van der Waals surface area (Å²) in [6.45, 7) is 3.83. The largest absolute Gasteiger partial charge is 0.379 e. The number of hydrogen-bond acceptors (Lipinski definition) is 2. The molecular weight excluding hydrogens is 114 g/mol. The van der Waals surface area contributed by atoms with Crippen molar-refractivity contribution in [3.8, 4) is 0 Å². The molecular formula is C4H10ClNO. The van der Waals surface area contributed by atoms with Crippen molar-refractivity contribution in [3.63, 3.8) is 0 Å². The van der Waals surface area contributed by atoms with Crippen LogP contribution in [0.25, 0.3) is 0 Å². The zero-order valence-electron chi connectivity index (χ0n) is 4.14. The molecule has 0 spiro atoms. The van der Waals surface area contributed by atoms with Gasteiger partial charge >= 0.3 is 0 Å². The van der Waals surface area contributed by atoms with E-state index >= 15 is 0 Å². The van der Waals surface area contributed by atoms with Gasteiger partial charge in [0.1, 0.15) is 0 Å². The van der Waals surface area contributed by atoms with Gasteiger partial charge in [-0.25, -0.2) is 0 Å². The fraction of sp³-hybridized carbons (Fsp3) is 1.00. The smallest absolute Gasteiger partial charge is 0.0591 e. The molecule has 0 unspecified atom stereocenters. The Labute approximate surface area is 49.6 Å². The molecule has 0 radical (unpaired) electrons. The summed E-state index contributed by atoms with van der Waals surface area (Å²) in [7, 11) is 0. The van der Waals surface area contributed by atoms with E-state index in [9.17, 15) is 0 Å². The molecule has 0 bridgehead atoms. The Morgan fingerprint density at radius 2 is 1.71 bits per heavy atom. The Morgan fingerprint density at radius 1 is 1.14 bits per heavy atom. The fourth-order valence-corrected chi connectivity index (χ4v) is 0.516. The number of hydrogen-bond donors (Lipinski definition) is 1. The maximum Gasteiger partial charge on any atom is 0.0591 e. The second-order valence-corrected chi connectivity index (χ2v) is 1.36. The van der Waals surface area contributed by atoms with Crippen molar-refractivity contribution in [2.45, 2.75) is 0 Å². The predicted octanol–water partition coefficient (Wildman–Crippen LogP) is 0.0280. The van der Waals surface area contributed by atoms with Gasteiger partial charge in [0, 0.05) is 13.1 Å². The molecule has 0 amide bonds. The average Bonchev–Trinajstić information content (AvgIpc) is 1.72. The normalized spacial score (nSPS) is 20.6. The van der Waals surface area contributed by atoms with Crippen LogP contribution in [0.5, 0.6) is 0 Å². The Hall–Kier alpha value is 0.210. The van der Waals surface area contributed by atoms with E-state index in [4.69, 9.17) is 4.74 Å². The summed E-state index contributed by atoms with van der Waals surface area (Å²) in [5, 5.41) is 3.16. The van der Waals surface area contributed by atoms with Crippen LogP contribution in [-0.2, 0) is 4.74 Å². The van der Waals surface area contributed by atoms with Crippen LogP contribution in [0, 0.1) is 0 Å². The van der Waals surface area contributed by atoms with Crippen LogP contribution < -0.4 is 5.32 Å². The van der Waals surface area contributed by atoms with Crippen LogP contribution in [-0.4, -0.2) is 26.3 Å². The highest BCUT2D eigenvalue weighted by molar-refractivity contribution is 5.85. The van der Waals surface area contributed by atoms with E-state index in [0.29, 0.717) is 0 Å². The summed E-state index contributed by atoms with van der Waals surface area (Å²) in [5.41, 5.74) is 0. The van der Waals surface area contributed by atoms with Gasteiger partial charge in [-0.2, -0.15) is 0 Å². The van der Waals surface area contributed by atoms with Crippen molar-refractivity contribution in [2.24, 2.45) is 0 Å². The first-order valence-corrected chi connectivity index (χ1v) is 2.28. The number of halogens is 1. The van der Waals surface area contributed by atoms with Gasteiger partial charge in [0.05, 0.1) is 13.2 Å². The Balaban J connectivity index is 0.000000360. The van der Waals surface area contributed by atoms with E-state index in [-0.39, 0.29) is 12.4 Å².